The first-order chi connectivity index (χ1) is 58.8. The van der Waals surface area contributed by atoms with Gasteiger partial charge in [-0.15, -0.1) is 0 Å². The molecule has 638 valence electrons. The number of aromatic amines is 4. The third-order valence-corrected chi connectivity index (χ3v) is 27.8. The van der Waals surface area contributed by atoms with E-state index in [0.29, 0.717) is 18.9 Å². The molecule has 0 saturated carbocycles. The molecule has 20 rings (SSSR count). The average Bonchev–Trinajstić information content (AvgIpc) is 1.46. The summed E-state index contributed by atoms with van der Waals surface area (Å²) < 4.78 is 14.9. The van der Waals surface area contributed by atoms with E-state index in [9.17, 15) is 4.39 Å². The maximum atomic E-state index is 14.9. The minimum absolute atomic E-state index is 0.0553. The predicted octanol–water partition coefficient (Wildman–Crippen LogP) is 15.3. The number of nitrogens with zero attached hydrogens (tertiary/aromatic N) is 20. The van der Waals surface area contributed by atoms with Crippen LogP contribution in [0.5, 0.6) is 0 Å². The van der Waals surface area contributed by atoms with Crippen LogP contribution in [0.25, 0.3) is 44.1 Å². The van der Waals surface area contributed by atoms with E-state index in [-0.39, 0.29) is 42.3 Å². The van der Waals surface area contributed by atoms with Gasteiger partial charge in [0.25, 0.3) is 0 Å². The first-order valence-electron chi connectivity index (χ1n) is 44.3. The SMILES string of the molecule is Cc1c(Cl)ccnc1[C@@H]1CCC[C@H](c2nc3c(N4CCN(C)CC4)cccc3[nH]2)N1C.Cc1cccnc1[C@@H]1CCC[C@H](c2nc3c(N4CCN(C)CC4)cccc3[nH]2)N1.Cc1cccnc1[C@@H]1C[C@H](F)C[C@H](c2nc3c(N4CCN(C)CC4)cccc3[nH]2)N1C.Cc1ccnnc1[C@@H]1CCC[C@H](c2nc3c(N4CCN(C)CC4)cccc3[nH]2)N1C. The Morgan fingerprint density at radius 2 is 0.702 bits per heavy atom. The number of H-pyrrole nitrogens is 4. The lowest BCUT2D eigenvalue weighted by Crippen LogP contribution is -2.44. The first kappa shape index (κ1) is 83.6. The number of aromatic nitrogens is 13. The van der Waals surface area contributed by atoms with Crippen molar-refractivity contribution in [2.24, 2.45) is 0 Å². The Morgan fingerprint density at radius 3 is 1.15 bits per heavy atom. The van der Waals surface area contributed by atoms with Crippen LogP contribution in [0.3, 0.4) is 0 Å². The third-order valence-electron chi connectivity index (χ3n) is 27.4. The fourth-order valence-electron chi connectivity index (χ4n) is 20.0. The molecule has 8 aromatic heterocycles. The zero-order valence-electron chi connectivity index (χ0n) is 72.7. The van der Waals surface area contributed by atoms with E-state index < -0.39 is 6.17 Å². The van der Waals surface area contributed by atoms with Crippen LogP contribution in [0.1, 0.15) is 187 Å². The molecule has 4 aromatic carbocycles. The molecule has 8 aliphatic heterocycles. The highest BCUT2D eigenvalue weighted by Crippen LogP contribution is 2.46. The first-order valence-corrected chi connectivity index (χ1v) is 44.7. The van der Waals surface area contributed by atoms with Crippen molar-refractivity contribution in [2.75, 3.05) is 174 Å². The zero-order chi connectivity index (χ0) is 83.5. The molecule has 27 heteroatoms. The van der Waals surface area contributed by atoms with Gasteiger partial charge in [0, 0.05) is 141 Å². The Labute approximate surface area is 717 Å². The van der Waals surface area contributed by atoms with Gasteiger partial charge in [-0.05, 0) is 236 Å². The fourth-order valence-corrected chi connectivity index (χ4v) is 20.1. The number of rotatable bonds is 12. The van der Waals surface area contributed by atoms with Crippen LogP contribution in [0.2, 0.25) is 5.02 Å². The zero-order valence-corrected chi connectivity index (χ0v) is 73.4. The predicted molar refractivity (Wildman–Crippen MR) is 486 cm³/mol. The summed E-state index contributed by atoms with van der Waals surface area (Å²) in [6, 6.07) is 39.3. The Bertz CT molecular complexity index is 5480. The standard InChI is InChI=1S/C24H31ClN6.C24H31FN6.C23H31N7.C23H30N6/c1-16-17(25)10-11-26-22(16)19-7-5-9-21(30(19)3)24-27-18-6-4-8-20(23(18)28-24)31-14-12-29(2)13-15-31;1-16-6-5-9-26-22(16)20-14-17(25)15-21(30(20)3)24-27-18-7-4-8-19(23(18)28-24)31-12-10-29(2)11-13-31;1-16-10-11-24-27-21(16)18-7-5-9-20(29(18)3)23-25-17-6-4-8-19(22(17)26-23)30-14-12-28(2)13-15-30;1-16-6-5-11-24-21(16)17-7-3-9-19(25-17)23-26-18-8-4-10-20(22(18)27-23)29-14-12-28(2)13-15-29/h4,6,8,10-11,19,21H,5,7,9,12-15H2,1-3H3,(H,27,28);4-9,17,20-21H,10-15H2,1-3H3,(H,27,28);4,6,8,10-11,18,20H,5,7,9,12-15H2,1-3H3,(H,25,26);4-6,8,10-11,17,19,25H,3,7,9,12-15H2,1-2H3,(H,26,27)/t19-,21+;17-,20-,21+;18-,20+;17-,19+/m0000/s1. The molecule has 16 heterocycles. The van der Waals surface area contributed by atoms with Crippen LogP contribution in [0.15, 0.2) is 134 Å². The van der Waals surface area contributed by atoms with Gasteiger partial charge in [-0.3, -0.25) is 35.0 Å². The summed E-state index contributed by atoms with van der Waals surface area (Å²) in [5.74, 6) is 4.03. The van der Waals surface area contributed by atoms with Crippen LogP contribution in [-0.4, -0.2) is 260 Å². The fraction of sp³-hybridized carbons (Fsp3) is 0.500. The Morgan fingerprint density at radius 1 is 0.339 bits per heavy atom. The normalized spacial score (nSPS) is 24.3. The minimum atomic E-state index is -0.877. The lowest BCUT2D eigenvalue weighted by Gasteiger charge is -2.40. The van der Waals surface area contributed by atoms with Gasteiger partial charge in [0.2, 0.25) is 0 Å². The molecule has 25 nitrogen and oxygen atoms in total. The van der Waals surface area contributed by atoms with Crippen molar-refractivity contribution in [1.82, 2.24) is 105 Å². The van der Waals surface area contributed by atoms with E-state index in [1.165, 1.54) is 46.0 Å². The van der Waals surface area contributed by atoms with Crippen molar-refractivity contribution in [3.63, 3.8) is 0 Å². The lowest BCUT2D eigenvalue weighted by molar-refractivity contribution is 0.0516. The number of aryl methyl sites for hydroxylation is 3. The van der Waals surface area contributed by atoms with Crippen molar-refractivity contribution in [1.29, 1.82) is 0 Å². The second-order valence-electron chi connectivity index (χ2n) is 35.4. The molecule has 0 aliphatic carbocycles. The van der Waals surface area contributed by atoms with E-state index in [2.05, 4.69) is 267 Å². The molecule has 8 fully saturated rings. The third kappa shape index (κ3) is 18.1. The Hall–Kier alpha value is -9.61. The van der Waals surface area contributed by atoms with E-state index in [0.717, 1.165) is 257 Å². The summed E-state index contributed by atoms with van der Waals surface area (Å²) in [6.45, 7) is 25.4. The highest BCUT2D eigenvalue weighted by Gasteiger charge is 2.40. The van der Waals surface area contributed by atoms with Crippen LogP contribution in [0, 0.1) is 27.7 Å². The van der Waals surface area contributed by atoms with Gasteiger partial charge in [0.15, 0.2) is 0 Å². The van der Waals surface area contributed by atoms with Crippen molar-refractivity contribution in [2.45, 2.75) is 153 Å². The molecule has 121 heavy (non-hydrogen) atoms. The molecule has 8 aliphatic rings. The van der Waals surface area contributed by atoms with Crippen LogP contribution < -0.4 is 24.9 Å². The van der Waals surface area contributed by atoms with Gasteiger partial charge in [0.05, 0.1) is 116 Å². The highest BCUT2D eigenvalue weighted by atomic mass is 35.5. The summed E-state index contributed by atoms with van der Waals surface area (Å²) in [7, 11) is 15.2. The van der Waals surface area contributed by atoms with Crippen molar-refractivity contribution >= 4 is 78.5 Å². The number of hydrogen-bond acceptors (Lipinski definition) is 21. The average molecular weight is 1660 g/mol. The molecule has 8 saturated heterocycles. The van der Waals surface area contributed by atoms with Crippen LogP contribution in [0.4, 0.5) is 27.1 Å². The Balaban J connectivity index is 0.000000115. The summed E-state index contributed by atoms with van der Waals surface area (Å²) >= 11 is 6.40. The quantitative estimate of drug-likeness (QED) is 0.0766. The number of likely N-dealkylation sites (N-methyl/N-ethyl adjacent to an activating group) is 4. The number of likely N-dealkylation sites (tertiary alicyclic amines) is 3. The minimum Gasteiger partial charge on any atom is -0.367 e. The monoisotopic (exact) mass is 1660 g/mol. The number of nitrogens with one attached hydrogen (secondary N) is 5. The number of piperazine rings is 4. The molecular weight excluding hydrogens is 1530 g/mol. The maximum absolute atomic E-state index is 14.9. The summed E-state index contributed by atoms with van der Waals surface area (Å²) in [5.41, 5.74) is 22.6. The number of piperidine rings is 4. The number of imidazole rings is 4. The largest absolute Gasteiger partial charge is 0.367 e. The Kier molecular flexibility index (Phi) is 25.7. The summed E-state index contributed by atoms with van der Waals surface area (Å²) in [6.07, 6.45) is 17.5. The number of alkyl halides is 1. The maximum Gasteiger partial charge on any atom is 0.124 e. The van der Waals surface area contributed by atoms with Crippen LogP contribution >= 0.6 is 11.6 Å². The van der Waals surface area contributed by atoms with E-state index >= 15 is 0 Å². The van der Waals surface area contributed by atoms with E-state index in [4.69, 9.17) is 36.5 Å². The molecule has 0 radical (unpaired) electrons. The van der Waals surface area contributed by atoms with Crippen molar-refractivity contribution in [3.8, 4) is 0 Å². The molecule has 5 N–H and O–H groups in total. The lowest BCUT2D eigenvalue weighted by atomic mass is 9.90. The summed E-state index contributed by atoms with van der Waals surface area (Å²) in [4.78, 5) is 75.2. The molecule has 0 unspecified atom stereocenters. The molecule has 0 amide bonds. The molecule has 0 bridgehead atoms. The molecular formula is C94H123ClFN25. The van der Waals surface area contributed by atoms with Crippen LogP contribution in [-0.2, 0) is 0 Å². The molecule has 9 atom stereocenters. The van der Waals surface area contributed by atoms with Gasteiger partial charge in [-0.2, -0.15) is 10.2 Å². The second-order valence-corrected chi connectivity index (χ2v) is 35.8. The molecule has 0 spiro atoms. The van der Waals surface area contributed by atoms with E-state index in [1.807, 2.05) is 30.6 Å². The summed E-state index contributed by atoms with van der Waals surface area (Å²) in [5, 5.41) is 13.2. The number of halogens is 2. The number of pyridine rings is 3. The molecule has 12 aromatic rings. The van der Waals surface area contributed by atoms with Gasteiger partial charge >= 0.3 is 0 Å². The van der Waals surface area contributed by atoms with Crippen molar-refractivity contribution in [3.05, 3.63) is 207 Å². The van der Waals surface area contributed by atoms with Gasteiger partial charge in [-0.25, -0.2) is 24.3 Å². The van der Waals surface area contributed by atoms with Gasteiger partial charge < -0.3 is 59.1 Å². The van der Waals surface area contributed by atoms with Gasteiger partial charge in [0.1, 0.15) is 51.5 Å². The number of benzene rings is 4. The smallest absolute Gasteiger partial charge is 0.124 e. The van der Waals surface area contributed by atoms with E-state index in [1.54, 1.807) is 12.4 Å². The van der Waals surface area contributed by atoms with Gasteiger partial charge in [-0.1, -0.05) is 48.0 Å². The highest BCUT2D eigenvalue weighted by molar-refractivity contribution is 6.31. The number of fused-ring (bicyclic) bond motifs is 4. The second kappa shape index (κ2) is 37.2. The number of hydrogen-bond donors (Lipinski definition) is 5. The number of para-hydroxylation sites is 4. The topological polar surface area (TPSA) is 227 Å². The van der Waals surface area contributed by atoms with Crippen molar-refractivity contribution < 1.29 is 4.39 Å². The number of anilines is 4.